The van der Waals surface area contributed by atoms with Crippen LogP contribution in [0.1, 0.15) is 22.8 Å². The first kappa shape index (κ1) is 17.6. The summed E-state index contributed by atoms with van der Waals surface area (Å²) in [5.41, 5.74) is 1.80. The van der Waals surface area contributed by atoms with Crippen LogP contribution < -0.4 is 9.62 Å². The Morgan fingerprint density at radius 2 is 1.60 bits per heavy atom. The molecule has 25 heavy (non-hydrogen) atoms. The lowest BCUT2D eigenvalue weighted by atomic mass is 10.3. The fourth-order valence-electron chi connectivity index (χ4n) is 2.79. The predicted octanol–water partition coefficient (Wildman–Crippen LogP) is 1.34. The number of rotatable bonds is 4. The maximum atomic E-state index is 12.7. The summed E-state index contributed by atoms with van der Waals surface area (Å²) in [6.07, 6.45) is 0. The third kappa shape index (κ3) is 3.45. The van der Waals surface area contributed by atoms with Crippen LogP contribution in [0.4, 0.5) is 11.6 Å². The number of hydrogen-bond donors (Lipinski definition) is 1. The summed E-state index contributed by atoms with van der Waals surface area (Å²) >= 11 is 0. The van der Waals surface area contributed by atoms with Gasteiger partial charge in [0.2, 0.25) is 5.95 Å². The second kappa shape index (κ2) is 6.60. The molecule has 0 saturated carbocycles. The van der Waals surface area contributed by atoms with Crippen molar-refractivity contribution in [3.8, 4) is 0 Å². The largest absolute Gasteiger partial charge is 0.378 e. The monoisotopic (exact) mass is 367 g/mol. The molecule has 3 heterocycles. The second-order valence-corrected chi connectivity index (χ2v) is 7.55. The molecule has 0 unspecified atom stereocenters. The first-order valence-electron chi connectivity index (χ1n) is 7.93. The zero-order valence-electron chi connectivity index (χ0n) is 14.7. The highest BCUT2D eigenvalue weighted by Crippen LogP contribution is 2.26. The quantitative estimate of drug-likeness (QED) is 0.862. The highest BCUT2D eigenvalue weighted by atomic mass is 32.2. The number of nitrogens with one attached hydrogen (secondary N) is 1. The first-order chi connectivity index (χ1) is 11.8. The van der Waals surface area contributed by atoms with Crippen LogP contribution in [0.25, 0.3) is 0 Å². The van der Waals surface area contributed by atoms with Crippen molar-refractivity contribution in [2.24, 2.45) is 0 Å². The number of sulfonamides is 1. The van der Waals surface area contributed by atoms with Gasteiger partial charge in [-0.3, -0.25) is 4.72 Å². The topological polar surface area (TPSA) is 110 Å². The molecule has 0 atom stereocenters. The number of nitrogens with zero attached hydrogens (tertiary/aromatic N) is 4. The van der Waals surface area contributed by atoms with E-state index in [1.807, 2.05) is 4.90 Å². The lowest BCUT2D eigenvalue weighted by Gasteiger charge is -2.27. The van der Waals surface area contributed by atoms with Gasteiger partial charge in [0.1, 0.15) is 5.69 Å². The summed E-state index contributed by atoms with van der Waals surface area (Å²) in [5, 5.41) is 3.70. The Balaban J connectivity index is 1.93. The Hall–Kier alpha value is -2.20. The number of morpholine rings is 1. The molecule has 2 aromatic rings. The van der Waals surface area contributed by atoms with Crippen LogP contribution in [0.3, 0.4) is 0 Å². The van der Waals surface area contributed by atoms with Crippen LogP contribution in [0.5, 0.6) is 0 Å². The SMILES string of the molecule is Cc1nc(N2CCOCC2)nc(C)c1NS(=O)(=O)c1c(C)noc1C. The lowest BCUT2D eigenvalue weighted by Crippen LogP contribution is -2.37. The molecule has 0 spiro atoms. The summed E-state index contributed by atoms with van der Waals surface area (Å²) in [6.45, 7) is 9.33. The van der Waals surface area contributed by atoms with E-state index in [0.29, 0.717) is 55.0 Å². The van der Waals surface area contributed by atoms with E-state index < -0.39 is 10.0 Å². The van der Waals surface area contributed by atoms with Gasteiger partial charge < -0.3 is 14.2 Å². The number of ether oxygens (including phenoxy) is 1. The molecule has 9 nitrogen and oxygen atoms in total. The minimum Gasteiger partial charge on any atom is -0.378 e. The summed E-state index contributed by atoms with van der Waals surface area (Å²) in [6, 6.07) is 0. The molecular weight excluding hydrogens is 346 g/mol. The normalized spacial score (nSPS) is 15.4. The van der Waals surface area contributed by atoms with Gasteiger partial charge in [-0.15, -0.1) is 0 Å². The predicted molar refractivity (Wildman–Crippen MR) is 91.3 cm³/mol. The number of aryl methyl sites for hydroxylation is 4. The molecule has 0 radical (unpaired) electrons. The van der Waals surface area contributed by atoms with E-state index in [-0.39, 0.29) is 10.7 Å². The van der Waals surface area contributed by atoms with Crippen molar-refractivity contribution in [2.75, 3.05) is 35.9 Å². The van der Waals surface area contributed by atoms with Gasteiger partial charge in [0.25, 0.3) is 10.0 Å². The Morgan fingerprint density at radius 1 is 1.00 bits per heavy atom. The van der Waals surface area contributed by atoms with Crippen LogP contribution in [0.15, 0.2) is 9.42 Å². The summed E-state index contributed by atoms with van der Waals surface area (Å²) in [5.74, 6) is 0.824. The van der Waals surface area contributed by atoms with Gasteiger partial charge in [-0.05, 0) is 27.7 Å². The third-order valence-electron chi connectivity index (χ3n) is 4.03. The average Bonchev–Trinajstić information content (AvgIpc) is 2.91. The third-order valence-corrected chi connectivity index (χ3v) is 5.62. The van der Waals surface area contributed by atoms with Crippen molar-refractivity contribution in [1.29, 1.82) is 0 Å². The average molecular weight is 367 g/mol. The smallest absolute Gasteiger partial charge is 0.267 e. The van der Waals surface area contributed by atoms with Gasteiger partial charge in [-0.2, -0.15) is 0 Å². The van der Waals surface area contributed by atoms with Gasteiger partial charge in [0.15, 0.2) is 10.7 Å². The van der Waals surface area contributed by atoms with Crippen LogP contribution >= 0.6 is 0 Å². The van der Waals surface area contributed by atoms with Gasteiger partial charge >= 0.3 is 0 Å². The molecule has 10 heteroatoms. The van der Waals surface area contributed by atoms with Gasteiger partial charge in [0, 0.05) is 13.1 Å². The van der Waals surface area contributed by atoms with Crippen LogP contribution in [-0.4, -0.2) is 49.8 Å². The number of anilines is 2. The summed E-state index contributed by atoms with van der Waals surface area (Å²) in [4.78, 5) is 11.0. The maximum absolute atomic E-state index is 12.7. The molecule has 136 valence electrons. The molecule has 1 saturated heterocycles. The minimum absolute atomic E-state index is 0.0450. The highest BCUT2D eigenvalue weighted by Gasteiger charge is 2.26. The van der Waals surface area contributed by atoms with E-state index in [9.17, 15) is 8.42 Å². The molecular formula is C15H21N5O4S. The zero-order valence-corrected chi connectivity index (χ0v) is 15.5. The minimum atomic E-state index is -3.83. The van der Waals surface area contributed by atoms with E-state index >= 15 is 0 Å². The molecule has 0 aromatic carbocycles. The fourth-order valence-corrected chi connectivity index (χ4v) is 4.30. The molecule has 2 aromatic heterocycles. The van der Waals surface area contributed by atoms with E-state index in [1.165, 1.54) is 0 Å². The van der Waals surface area contributed by atoms with Crippen molar-refractivity contribution in [3.63, 3.8) is 0 Å². The molecule has 0 amide bonds. The lowest BCUT2D eigenvalue weighted by molar-refractivity contribution is 0.122. The van der Waals surface area contributed by atoms with E-state index in [4.69, 9.17) is 9.26 Å². The maximum Gasteiger partial charge on any atom is 0.267 e. The van der Waals surface area contributed by atoms with Crippen LogP contribution in [0, 0.1) is 27.7 Å². The summed E-state index contributed by atoms with van der Waals surface area (Å²) < 4.78 is 38.3. The van der Waals surface area contributed by atoms with Gasteiger partial charge in [-0.1, -0.05) is 5.16 Å². The molecule has 0 aliphatic carbocycles. The van der Waals surface area contributed by atoms with Crippen molar-refractivity contribution in [2.45, 2.75) is 32.6 Å². The van der Waals surface area contributed by atoms with E-state index in [2.05, 4.69) is 19.8 Å². The molecule has 3 rings (SSSR count). The molecule has 1 aliphatic heterocycles. The molecule has 1 aliphatic rings. The van der Waals surface area contributed by atoms with Crippen LogP contribution in [0.2, 0.25) is 0 Å². The van der Waals surface area contributed by atoms with Gasteiger partial charge in [0.05, 0.1) is 30.3 Å². The van der Waals surface area contributed by atoms with E-state index in [0.717, 1.165) is 0 Å². The Kier molecular flexibility index (Phi) is 4.65. The number of aromatic nitrogens is 3. The molecule has 1 N–H and O–H groups in total. The standard InChI is InChI=1S/C15H21N5O4S/c1-9-13(19-25(21,22)14-11(3)18-24-12(14)4)10(2)17-15(16-9)20-5-7-23-8-6-20/h19H,5-8H2,1-4H3. The summed E-state index contributed by atoms with van der Waals surface area (Å²) in [7, 11) is -3.83. The van der Waals surface area contributed by atoms with Crippen molar-refractivity contribution in [1.82, 2.24) is 15.1 Å². The second-order valence-electron chi connectivity index (χ2n) is 5.93. The Morgan fingerprint density at radius 3 is 2.12 bits per heavy atom. The Labute approximate surface area is 146 Å². The molecule has 1 fully saturated rings. The molecule has 0 bridgehead atoms. The fraction of sp³-hybridized carbons (Fsp3) is 0.533. The van der Waals surface area contributed by atoms with Crippen molar-refractivity contribution in [3.05, 3.63) is 22.8 Å². The van der Waals surface area contributed by atoms with Crippen molar-refractivity contribution >= 4 is 21.7 Å². The van der Waals surface area contributed by atoms with Gasteiger partial charge in [-0.25, -0.2) is 18.4 Å². The van der Waals surface area contributed by atoms with Crippen molar-refractivity contribution < 1.29 is 17.7 Å². The first-order valence-corrected chi connectivity index (χ1v) is 9.41. The highest BCUT2D eigenvalue weighted by molar-refractivity contribution is 7.92. The Bertz CT molecular complexity index is 845. The zero-order chi connectivity index (χ0) is 18.2. The number of hydrogen-bond acceptors (Lipinski definition) is 8. The van der Waals surface area contributed by atoms with Crippen LogP contribution in [-0.2, 0) is 14.8 Å². The van der Waals surface area contributed by atoms with E-state index in [1.54, 1.807) is 27.7 Å².